The molecule has 2 N–H and O–H groups in total. The zero-order valence-corrected chi connectivity index (χ0v) is 11.4. The molecule has 0 amide bonds. The van der Waals surface area contributed by atoms with E-state index in [1.807, 2.05) is 17.5 Å². The van der Waals surface area contributed by atoms with E-state index in [1.165, 1.54) is 4.88 Å². The molecule has 0 saturated heterocycles. The molecule has 96 valence electrons. The lowest BCUT2D eigenvalue weighted by Gasteiger charge is -2.08. The van der Waals surface area contributed by atoms with Crippen LogP contribution in [0.3, 0.4) is 0 Å². The van der Waals surface area contributed by atoms with Crippen LogP contribution in [0.25, 0.3) is 0 Å². The predicted octanol–water partition coefficient (Wildman–Crippen LogP) is 3.13. The van der Waals surface area contributed by atoms with Crippen molar-refractivity contribution in [2.24, 2.45) is 5.73 Å². The topological polar surface area (TPSA) is 48.1 Å². The quantitative estimate of drug-likeness (QED) is 0.870. The molecule has 0 atom stereocenters. The Morgan fingerprint density at radius 2 is 2.28 bits per heavy atom. The minimum Gasteiger partial charge on any atom is -0.472 e. The van der Waals surface area contributed by atoms with Crippen LogP contribution in [0.15, 0.2) is 29.6 Å². The second-order valence-electron chi connectivity index (χ2n) is 4.13. The fourth-order valence-corrected chi connectivity index (χ4v) is 2.35. The summed E-state index contributed by atoms with van der Waals surface area (Å²) in [5.74, 6) is 0.676. The molecule has 0 spiro atoms. The van der Waals surface area contributed by atoms with Gasteiger partial charge in [-0.25, -0.2) is 4.98 Å². The maximum atomic E-state index is 5.72. The molecule has 0 saturated carbocycles. The van der Waals surface area contributed by atoms with E-state index >= 15 is 0 Å². The number of rotatable bonds is 6. The summed E-state index contributed by atoms with van der Waals surface area (Å²) in [6.45, 7) is 3.24. The summed E-state index contributed by atoms with van der Waals surface area (Å²) < 4.78 is 5.72. The van der Waals surface area contributed by atoms with Crippen molar-refractivity contribution in [3.8, 4) is 5.88 Å². The molecule has 0 aliphatic carbocycles. The Kier molecular flexibility index (Phi) is 4.73. The van der Waals surface area contributed by atoms with Crippen molar-refractivity contribution in [3.05, 3.63) is 45.8 Å². The molecule has 0 radical (unpaired) electrons. The molecule has 2 heterocycles. The van der Waals surface area contributed by atoms with Crippen LogP contribution in [0.4, 0.5) is 0 Å². The monoisotopic (exact) mass is 262 g/mol. The largest absolute Gasteiger partial charge is 0.472 e. The van der Waals surface area contributed by atoms with E-state index in [9.17, 15) is 0 Å². The Bertz CT molecular complexity index is 483. The first-order valence-corrected chi connectivity index (χ1v) is 7.05. The number of hydrogen-bond acceptors (Lipinski definition) is 4. The molecule has 0 unspecified atom stereocenters. The van der Waals surface area contributed by atoms with Gasteiger partial charge in [-0.05, 0) is 29.5 Å². The summed E-state index contributed by atoms with van der Waals surface area (Å²) in [4.78, 5) is 5.70. The van der Waals surface area contributed by atoms with Crippen LogP contribution in [-0.2, 0) is 19.6 Å². The molecule has 2 rings (SSSR count). The van der Waals surface area contributed by atoms with Crippen LogP contribution >= 0.6 is 11.3 Å². The Balaban J connectivity index is 2.08. The van der Waals surface area contributed by atoms with Crippen molar-refractivity contribution in [3.63, 3.8) is 0 Å². The summed E-state index contributed by atoms with van der Waals surface area (Å²) in [5, 5.41) is 2.05. The fourth-order valence-electron chi connectivity index (χ4n) is 1.74. The van der Waals surface area contributed by atoms with Crippen molar-refractivity contribution in [2.45, 2.75) is 32.9 Å². The maximum Gasteiger partial charge on any atom is 0.214 e. The van der Waals surface area contributed by atoms with Crippen LogP contribution in [0.1, 0.15) is 29.5 Å². The van der Waals surface area contributed by atoms with Crippen LogP contribution < -0.4 is 10.5 Å². The van der Waals surface area contributed by atoms with Gasteiger partial charge in [0.15, 0.2) is 0 Å². The highest BCUT2D eigenvalue weighted by Crippen LogP contribution is 2.17. The number of pyridine rings is 1. The van der Waals surface area contributed by atoms with Gasteiger partial charge in [-0.2, -0.15) is 0 Å². The highest BCUT2D eigenvalue weighted by molar-refractivity contribution is 7.09. The van der Waals surface area contributed by atoms with Gasteiger partial charge in [-0.15, -0.1) is 11.3 Å². The molecule has 0 aliphatic rings. The number of nitrogens with zero attached hydrogens (tertiary/aromatic N) is 1. The molecule has 0 fully saturated rings. The molecule has 0 aromatic carbocycles. The van der Waals surface area contributed by atoms with Gasteiger partial charge in [0.1, 0.15) is 6.61 Å². The minimum atomic E-state index is 0.522. The van der Waals surface area contributed by atoms with Gasteiger partial charge < -0.3 is 10.5 Å². The van der Waals surface area contributed by atoms with Crippen LogP contribution in [-0.4, -0.2) is 4.98 Å². The lowest BCUT2D eigenvalue weighted by molar-refractivity contribution is 0.296. The third-order valence-electron chi connectivity index (χ3n) is 2.60. The summed E-state index contributed by atoms with van der Waals surface area (Å²) in [7, 11) is 0. The predicted molar refractivity (Wildman–Crippen MR) is 74.8 cm³/mol. The Morgan fingerprint density at radius 1 is 1.39 bits per heavy atom. The highest BCUT2D eigenvalue weighted by Gasteiger charge is 2.03. The van der Waals surface area contributed by atoms with Crippen molar-refractivity contribution in [1.29, 1.82) is 0 Å². The van der Waals surface area contributed by atoms with E-state index in [4.69, 9.17) is 10.5 Å². The molecule has 0 bridgehead atoms. The number of aromatic nitrogens is 1. The summed E-state index contributed by atoms with van der Waals surface area (Å²) in [6.07, 6.45) is 2.04. The molecule has 2 aromatic heterocycles. The van der Waals surface area contributed by atoms with Crippen LogP contribution in [0.2, 0.25) is 0 Å². The average Bonchev–Trinajstić information content (AvgIpc) is 2.89. The Hall–Kier alpha value is -1.39. The third-order valence-corrected chi connectivity index (χ3v) is 3.45. The summed E-state index contributed by atoms with van der Waals surface area (Å²) >= 11 is 1.69. The SMILES string of the molecule is CCCc1cc(CN)cc(OCc2cccs2)n1. The van der Waals surface area contributed by atoms with Gasteiger partial charge in [0.25, 0.3) is 0 Å². The number of thiophene rings is 1. The second kappa shape index (κ2) is 6.52. The summed E-state index contributed by atoms with van der Waals surface area (Å²) in [5.41, 5.74) is 7.83. The Labute approximate surface area is 112 Å². The molecular weight excluding hydrogens is 244 g/mol. The zero-order chi connectivity index (χ0) is 12.8. The van der Waals surface area contributed by atoms with E-state index in [0.717, 1.165) is 24.1 Å². The molecule has 3 nitrogen and oxygen atoms in total. The molecular formula is C14H18N2OS. The number of aryl methyl sites for hydroxylation is 1. The van der Waals surface area contributed by atoms with E-state index in [0.29, 0.717) is 19.0 Å². The van der Waals surface area contributed by atoms with E-state index in [1.54, 1.807) is 11.3 Å². The van der Waals surface area contributed by atoms with Crippen molar-refractivity contribution in [2.75, 3.05) is 0 Å². The van der Waals surface area contributed by atoms with Gasteiger partial charge in [0.2, 0.25) is 5.88 Å². The third kappa shape index (κ3) is 3.55. The minimum absolute atomic E-state index is 0.522. The zero-order valence-electron chi connectivity index (χ0n) is 10.6. The standard InChI is InChI=1S/C14H18N2OS/c1-2-4-12-7-11(9-15)8-14(16-12)17-10-13-5-3-6-18-13/h3,5-8H,2,4,9-10,15H2,1H3. The maximum absolute atomic E-state index is 5.72. The van der Waals surface area contributed by atoms with Gasteiger partial charge in [0.05, 0.1) is 0 Å². The van der Waals surface area contributed by atoms with Gasteiger partial charge in [-0.3, -0.25) is 0 Å². The molecule has 0 aliphatic heterocycles. The highest BCUT2D eigenvalue weighted by atomic mass is 32.1. The van der Waals surface area contributed by atoms with Gasteiger partial charge in [-0.1, -0.05) is 19.4 Å². The molecule has 2 aromatic rings. The average molecular weight is 262 g/mol. The first-order chi connectivity index (χ1) is 8.81. The number of nitrogens with two attached hydrogens (primary N) is 1. The van der Waals surface area contributed by atoms with Crippen LogP contribution in [0, 0.1) is 0 Å². The van der Waals surface area contributed by atoms with E-state index < -0.39 is 0 Å². The fraction of sp³-hybridized carbons (Fsp3) is 0.357. The first-order valence-electron chi connectivity index (χ1n) is 6.17. The lowest BCUT2D eigenvalue weighted by atomic mass is 10.1. The van der Waals surface area contributed by atoms with E-state index in [-0.39, 0.29) is 0 Å². The lowest BCUT2D eigenvalue weighted by Crippen LogP contribution is -2.03. The molecule has 18 heavy (non-hydrogen) atoms. The van der Waals surface area contributed by atoms with Crippen molar-refractivity contribution < 1.29 is 4.74 Å². The molecule has 4 heteroatoms. The second-order valence-corrected chi connectivity index (χ2v) is 5.16. The van der Waals surface area contributed by atoms with Crippen LogP contribution in [0.5, 0.6) is 5.88 Å². The van der Waals surface area contributed by atoms with Crippen molar-refractivity contribution in [1.82, 2.24) is 4.98 Å². The van der Waals surface area contributed by atoms with Gasteiger partial charge >= 0.3 is 0 Å². The van der Waals surface area contributed by atoms with Gasteiger partial charge in [0, 0.05) is 23.2 Å². The number of ether oxygens (including phenoxy) is 1. The number of hydrogen-bond donors (Lipinski definition) is 1. The normalized spacial score (nSPS) is 10.6. The summed E-state index contributed by atoms with van der Waals surface area (Å²) in [6, 6.07) is 8.06. The smallest absolute Gasteiger partial charge is 0.214 e. The van der Waals surface area contributed by atoms with Crippen molar-refractivity contribution >= 4 is 11.3 Å². The first kappa shape index (κ1) is 13.1. The van der Waals surface area contributed by atoms with E-state index in [2.05, 4.69) is 24.0 Å². The Morgan fingerprint density at radius 3 is 2.94 bits per heavy atom.